The van der Waals surface area contributed by atoms with Crippen molar-refractivity contribution in [2.24, 2.45) is 0 Å². The molecule has 0 aliphatic rings. The number of hydrogen-bond donors (Lipinski definition) is 0. The van der Waals surface area contributed by atoms with E-state index in [2.05, 4.69) is 58.0 Å². The summed E-state index contributed by atoms with van der Waals surface area (Å²) >= 11 is 1.43. The molecule has 1 atom stereocenters. The second-order valence-corrected chi connectivity index (χ2v) is 9.87. The Morgan fingerprint density at radius 3 is 2.49 bits per heavy atom. The lowest BCUT2D eigenvalue weighted by molar-refractivity contribution is 0.102. The maximum atomic E-state index is 13.3. The largest absolute Gasteiger partial charge is 0.360 e. The summed E-state index contributed by atoms with van der Waals surface area (Å²) in [6, 6.07) is 14.2. The van der Waals surface area contributed by atoms with Crippen molar-refractivity contribution in [3.63, 3.8) is 0 Å². The van der Waals surface area contributed by atoms with E-state index in [0.717, 1.165) is 34.5 Å². The van der Waals surface area contributed by atoms with Crippen LogP contribution in [0, 0.1) is 20.8 Å². The van der Waals surface area contributed by atoms with Crippen molar-refractivity contribution in [1.29, 1.82) is 0 Å². The van der Waals surface area contributed by atoms with Crippen molar-refractivity contribution >= 4 is 17.5 Å². The van der Waals surface area contributed by atoms with Crippen LogP contribution in [0.4, 0.5) is 0 Å². The molecule has 3 aromatic heterocycles. The second kappa shape index (κ2) is 10.6. The maximum absolute atomic E-state index is 13.3. The van der Waals surface area contributed by atoms with Crippen molar-refractivity contribution in [1.82, 2.24) is 29.4 Å². The van der Waals surface area contributed by atoms with Crippen LogP contribution >= 0.6 is 11.8 Å². The average molecular weight is 493 g/mol. The number of rotatable bonds is 10. The van der Waals surface area contributed by atoms with E-state index in [1.165, 1.54) is 17.3 Å². The minimum atomic E-state index is 0.0463. The summed E-state index contributed by atoms with van der Waals surface area (Å²) in [7, 11) is 4.11. The van der Waals surface area contributed by atoms with Gasteiger partial charge in [0.1, 0.15) is 5.76 Å². The van der Waals surface area contributed by atoms with E-state index < -0.39 is 0 Å². The van der Waals surface area contributed by atoms with Crippen molar-refractivity contribution in [3.8, 4) is 5.82 Å². The van der Waals surface area contributed by atoms with Crippen molar-refractivity contribution in [2.45, 2.75) is 51.9 Å². The predicted molar refractivity (Wildman–Crippen MR) is 137 cm³/mol. The molecule has 0 fully saturated rings. The molecule has 1 aromatic carbocycles. The molecule has 0 bridgehead atoms. The summed E-state index contributed by atoms with van der Waals surface area (Å²) in [5, 5.41) is 13.9. The van der Waals surface area contributed by atoms with E-state index in [9.17, 15) is 4.79 Å². The molecule has 0 aliphatic carbocycles. The number of nitrogens with zero attached hydrogens (tertiary/aromatic N) is 6. The quantitative estimate of drug-likeness (QED) is 0.227. The molecule has 0 aliphatic heterocycles. The van der Waals surface area contributed by atoms with Gasteiger partial charge in [-0.05, 0) is 52.9 Å². The zero-order valence-corrected chi connectivity index (χ0v) is 22.0. The minimum Gasteiger partial charge on any atom is -0.360 e. The van der Waals surface area contributed by atoms with Crippen LogP contribution in [0.2, 0.25) is 0 Å². The number of aryl methyl sites for hydroxylation is 2. The summed E-state index contributed by atoms with van der Waals surface area (Å²) in [6.07, 6.45) is 0.914. The van der Waals surface area contributed by atoms with Gasteiger partial charge in [-0.25, -0.2) is 0 Å². The summed E-state index contributed by atoms with van der Waals surface area (Å²) in [4.78, 5) is 15.4. The first-order valence-electron chi connectivity index (χ1n) is 11.7. The fraction of sp³-hybridized carbons (Fsp3) is 0.385. The van der Waals surface area contributed by atoms with Gasteiger partial charge in [-0.2, -0.15) is 0 Å². The van der Waals surface area contributed by atoms with E-state index >= 15 is 0 Å². The third-order valence-corrected chi connectivity index (χ3v) is 7.11. The third kappa shape index (κ3) is 5.26. The van der Waals surface area contributed by atoms with E-state index in [4.69, 9.17) is 4.52 Å². The summed E-state index contributed by atoms with van der Waals surface area (Å²) in [5.41, 5.74) is 3.65. The highest BCUT2D eigenvalue weighted by atomic mass is 32.2. The van der Waals surface area contributed by atoms with Gasteiger partial charge in [0, 0.05) is 23.0 Å². The lowest BCUT2D eigenvalue weighted by atomic mass is 10.2. The van der Waals surface area contributed by atoms with Crippen LogP contribution < -0.4 is 0 Å². The Hall–Kier alpha value is -3.17. The molecule has 0 radical (unpaired) electrons. The van der Waals surface area contributed by atoms with Crippen molar-refractivity contribution < 1.29 is 9.32 Å². The first-order chi connectivity index (χ1) is 16.8. The highest BCUT2D eigenvalue weighted by Gasteiger charge is 2.24. The molecule has 3 heterocycles. The van der Waals surface area contributed by atoms with Crippen LogP contribution in [0.5, 0.6) is 0 Å². The third-order valence-electron chi connectivity index (χ3n) is 6.15. The van der Waals surface area contributed by atoms with Crippen LogP contribution in [0.15, 0.2) is 52.1 Å². The highest BCUT2D eigenvalue weighted by molar-refractivity contribution is 7.99. The van der Waals surface area contributed by atoms with Crippen molar-refractivity contribution in [3.05, 3.63) is 76.6 Å². The summed E-state index contributed by atoms with van der Waals surface area (Å²) in [5.74, 6) is 2.65. The van der Waals surface area contributed by atoms with E-state index in [1.807, 2.05) is 55.7 Å². The number of benzene rings is 1. The Morgan fingerprint density at radius 2 is 1.86 bits per heavy atom. The number of hydrogen-bond acceptors (Lipinski definition) is 7. The zero-order chi connectivity index (χ0) is 25.1. The molecule has 8 nitrogen and oxygen atoms in total. The molecular weight excluding hydrogens is 460 g/mol. The Balaban J connectivity index is 1.59. The molecule has 0 N–H and O–H groups in total. The highest BCUT2D eigenvalue weighted by Crippen LogP contribution is 2.28. The number of aromatic nitrogens is 5. The van der Waals surface area contributed by atoms with Gasteiger partial charge in [-0.1, -0.05) is 54.2 Å². The van der Waals surface area contributed by atoms with Gasteiger partial charge < -0.3 is 9.09 Å². The fourth-order valence-electron chi connectivity index (χ4n) is 4.41. The van der Waals surface area contributed by atoms with E-state index in [1.54, 1.807) is 0 Å². The number of ketones is 1. The Bertz CT molecular complexity index is 1300. The summed E-state index contributed by atoms with van der Waals surface area (Å²) < 4.78 is 9.33. The van der Waals surface area contributed by atoms with Gasteiger partial charge in [-0.3, -0.25) is 14.3 Å². The molecule has 0 saturated carbocycles. The second-order valence-electron chi connectivity index (χ2n) is 8.93. The monoisotopic (exact) mass is 492 g/mol. The van der Waals surface area contributed by atoms with Gasteiger partial charge in [-0.15, -0.1) is 10.2 Å². The van der Waals surface area contributed by atoms with Crippen LogP contribution in [-0.2, 0) is 6.54 Å². The molecule has 0 spiro atoms. The lowest BCUT2D eigenvalue weighted by Gasteiger charge is -2.23. The Morgan fingerprint density at radius 1 is 1.11 bits per heavy atom. The fourth-order valence-corrected chi connectivity index (χ4v) is 5.24. The van der Waals surface area contributed by atoms with E-state index in [-0.39, 0.29) is 17.6 Å². The number of carbonyl (C=O) groups excluding carboxylic acids is 1. The number of thioether (sulfide) groups is 1. The molecule has 35 heavy (non-hydrogen) atoms. The standard InChI is InChI=1S/C26H32N6O2S/c1-7-22(30(5)6)25-27-28-26(31(25)15-20-11-9-8-10-12-20)35-16-23(33)21-13-17(2)32(19(21)4)24-14-18(3)34-29-24/h8-14,22H,7,15-16H2,1-6H3/t22-/m0/s1. The van der Waals surface area contributed by atoms with Gasteiger partial charge in [0.15, 0.2) is 22.6 Å². The molecule has 0 unspecified atom stereocenters. The van der Waals surface area contributed by atoms with Crippen molar-refractivity contribution in [2.75, 3.05) is 19.8 Å². The topological polar surface area (TPSA) is 82.0 Å². The predicted octanol–water partition coefficient (Wildman–Crippen LogP) is 5.02. The summed E-state index contributed by atoms with van der Waals surface area (Å²) in [6.45, 7) is 8.56. The first-order valence-corrected chi connectivity index (χ1v) is 12.7. The lowest BCUT2D eigenvalue weighted by Crippen LogP contribution is -2.23. The molecule has 4 aromatic rings. The Kier molecular flexibility index (Phi) is 7.57. The van der Waals surface area contributed by atoms with Crippen LogP contribution in [0.25, 0.3) is 5.82 Å². The normalized spacial score (nSPS) is 12.4. The Labute approximate surface area is 210 Å². The van der Waals surface area contributed by atoms with Gasteiger partial charge in [0.2, 0.25) is 0 Å². The number of carbonyl (C=O) groups is 1. The molecule has 0 saturated heterocycles. The van der Waals surface area contributed by atoms with Crippen LogP contribution in [-0.4, -0.2) is 55.0 Å². The van der Waals surface area contributed by atoms with E-state index in [0.29, 0.717) is 17.9 Å². The smallest absolute Gasteiger partial charge is 0.192 e. The molecule has 4 rings (SSSR count). The maximum Gasteiger partial charge on any atom is 0.192 e. The first kappa shape index (κ1) is 24.9. The molecular formula is C26H32N6O2S. The minimum absolute atomic E-state index is 0.0463. The molecule has 184 valence electrons. The van der Waals surface area contributed by atoms with Crippen LogP contribution in [0.3, 0.4) is 0 Å². The number of Topliss-reactive ketones (excluding diaryl/α,β-unsaturated/α-hetero) is 1. The van der Waals surface area contributed by atoms with Gasteiger partial charge in [0.25, 0.3) is 0 Å². The van der Waals surface area contributed by atoms with Crippen LogP contribution in [0.1, 0.15) is 58.3 Å². The zero-order valence-electron chi connectivity index (χ0n) is 21.1. The SMILES string of the molecule is CC[C@@H](c1nnc(SCC(=O)c2cc(C)n(-c3cc(C)on3)c2C)n1Cc1ccccc1)N(C)C. The average Bonchev–Trinajstić information content (AvgIpc) is 3.51. The van der Waals surface area contributed by atoms with Gasteiger partial charge >= 0.3 is 0 Å². The van der Waals surface area contributed by atoms with Gasteiger partial charge in [0.05, 0.1) is 18.3 Å². The molecule has 0 amide bonds. The molecule has 9 heteroatoms.